The molecule has 0 aliphatic heterocycles. The van der Waals surface area contributed by atoms with Gasteiger partial charge in [-0.25, -0.2) is 0 Å². The predicted molar refractivity (Wildman–Crippen MR) is 66.6 cm³/mol. The minimum atomic E-state index is -1.27. The first-order valence-electron chi connectivity index (χ1n) is 4.99. The van der Waals surface area contributed by atoms with Crippen LogP contribution in [0.2, 0.25) is 0 Å². The van der Waals surface area contributed by atoms with E-state index in [4.69, 9.17) is 5.73 Å². The van der Waals surface area contributed by atoms with Crippen molar-refractivity contribution in [1.82, 2.24) is 0 Å². The molecule has 0 saturated heterocycles. The fourth-order valence-corrected chi connectivity index (χ4v) is 1.90. The van der Waals surface area contributed by atoms with Gasteiger partial charge in [-0.1, -0.05) is 11.8 Å². The molecule has 0 amide bonds. The van der Waals surface area contributed by atoms with E-state index in [0.29, 0.717) is 5.69 Å². The van der Waals surface area contributed by atoms with Crippen molar-refractivity contribution in [3.63, 3.8) is 0 Å². The average molecular weight is 257 g/mol. The van der Waals surface area contributed by atoms with Gasteiger partial charge >= 0.3 is 0 Å². The van der Waals surface area contributed by atoms with E-state index in [0.717, 1.165) is 11.8 Å². The lowest BCUT2D eigenvalue weighted by Crippen LogP contribution is -2.21. The molecule has 2 unspecified atom stereocenters. The van der Waals surface area contributed by atoms with Crippen LogP contribution in [0.15, 0.2) is 18.2 Å². The molecule has 1 aromatic rings. The van der Waals surface area contributed by atoms with E-state index in [1.807, 2.05) is 0 Å². The van der Waals surface area contributed by atoms with Crippen LogP contribution in [0.5, 0.6) is 5.75 Å². The first-order valence-corrected chi connectivity index (χ1v) is 5.98. The van der Waals surface area contributed by atoms with Crippen molar-refractivity contribution in [2.45, 2.75) is 19.1 Å². The highest BCUT2D eigenvalue weighted by Gasteiger charge is 2.22. The summed E-state index contributed by atoms with van der Waals surface area (Å²) in [5.41, 5.74) is 6.06. The van der Waals surface area contributed by atoms with Crippen LogP contribution in [-0.4, -0.2) is 32.3 Å². The third-order valence-corrected chi connectivity index (χ3v) is 3.11. The van der Waals surface area contributed by atoms with Gasteiger partial charge in [0.25, 0.3) is 0 Å². The van der Waals surface area contributed by atoms with Gasteiger partial charge in [0.05, 0.1) is 6.10 Å². The Labute approximate surface area is 103 Å². The minimum absolute atomic E-state index is 0.0603. The maximum atomic E-state index is 10.7. The lowest BCUT2D eigenvalue weighted by molar-refractivity contribution is -0.109. The Morgan fingerprint density at radius 1 is 1.47 bits per heavy atom. The van der Waals surface area contributed by atoms with E-state index in [1.165, 1.54) is 25.1 Å². The number of anilines is 1. The summed E-state index contributed by atoms with van der Waals surface area (Å²) in [7, 11) is 0. The molecule has 0 heterocycles. The zero-order chi connectivity index (χ0) is 13.0. The summed E-state index contributed by atoms with van der Waals surface area (Å²) < 4.78 is 0. The highest BCUT2D eigenvalue weighted by molar-refractivity contribution is 8.13. The third-order valence-electron chi connectivity index (χ3n) is 2.19. The Hall–Kier alpha value is -1.24. The second-order valence-electron chi connectivity index (χ2n) is 3.63. The smallest absolute Gasteiger partial charge is 0.185 e. The van der Waals surface area contributed by atoms with Gasteiger partial charge in [0.1, 0.15) is 11.9 Å². The molecule has 6 heteroatoms. The summed E-state index contributed by atoms with van der Waals surface area (Å²) in [5, 5.41) is 28.9. The largest absolute Gasteiger partial charge is 0.508 e. The van der Waals surface area contributed by atoms with Gasteiger partial charge in [-0.3, -0.25) is 4.79 Å². The number of aromatic hydroxyl groups is 1. The number of aliphatic hydroxyl groups excluding tert-OH is 2. The number of phenolic OH excluding ortho intramolecular Hbond substituents is 1. The molecule has 5 nitrogen and oxygen atoms in total. The van der Waals surface area contributed by atoms with Crippen LogP contribution in [0.1, 0.15) is 18.6 Å². The Morgan fingerprint density at radius 3 is 2.71 bits per heavy atom. The van der Waals surface area contributed by atoms with Gasteiger partial charge in [-0.2, -0.15) is 0 Å². The lowest BCUT2D eigenvalue weighted by atomic mass is 10.0. The summed E-state index contributed by atoms with van der Waals surface area (Å²) in [5.74, 6) is -0.0800. The molecule has 1 rings (SSSR count). The van der Waals surface area contributed by atoms with Gasteiger partial charge in [0, 0.05) is 23.9 Å². The van der Waals surface area contributed by atoms with Crippen LogP contribution >= 0.6 is 11.8 Å². The number of nitrogens with two attached hydrogens (primary N) is 1. The molecule has 94 valence electrons. The first-order chi connectivity index (χ1) is 7.91. The lowest BCUT2D eigenvalue weighted by Gasteiger charge is -2.18. The molecule has 0 radical (unpaired) electrons. The first kappa shape index (κ1) is 13.8. The molecule has 5 N–H and O–H groups in total. The van der Waals surface area contributed by atoms with Crippen LogP contribution < -0.4 is 5.73 Å². The molecular formula is C11H15NO4S. The third kappa shape index (κ3) is 3.92. The Balaban J connectivity index is 2.77. The molecule has 0 bridgehead atoms. The zero-order valence-electron chi connectivity index (χ0n) is 9.33. The Morgan fingerprint density at radius 2 is 2.12 bits per heavy atom. The summed E-state index contributed by atoms with van der Waals surface area (Å²) in [6, 6.07) is 4.22. The maximum absolute atomic E-state index is 10.7. The molecule has 17 heavy (non-hydrogen) atoms. The van der Waals surface area contributed by atoms with Crippen molar-refractivity contribution in [2.24, 2.45) is 0 Å². The zero-order valence-corrected chi connectivity index (χ0v) is 10.1. The van der Waals surface area contributed by atoms with Crippen molar-refractivity contribution in [2.75, 3.05) is 11.5 Å². The molecule has 0 aliphatic carbocycles. The van der Waals surface area contributed by atoms with Gasteiger partial charge in [0.15, 0.2) is 5.12 Å². The molecule has 1 aromatic carbocycles. The fourth-order valence-electron chi connectivity index (χ4n) is 1.31. The number of hydrogen-bond donors (Lipinski definition) is 4. The number of nitrogen functional groups attached to an aromatic ring is 1. The molecule has 0 aromatic heterocycles. The summed E-state index contributed by atoms with van der Waals surface area (Å²) in [6.07, 6.45) is -2.41. The van der Waals surface area contributed by atoms with E-state index < -0.39 is 12.2 Å². The number of carbonyl (C=O) groups excluding carboxylic acids is 1. The molecule has 0 spiro atoms. The van der Waals surface area contributed by atoms with Crippen LogP contribution in [0.25, 0.3) is 0 Å². The van der Waals surface area contributed by atoms with Crippen molar-refractivity contribution in [3.05, 3.63) is 23.8 Å². The van der Waals surface area contributed by atoms with Gasteiger partial charge in [0.2, 0.25) is 0 Å². The van der Waals surface area contributed by atoms with Crippen LogP contribution in [0.3, 0.4) is 0 Å². The van der Waals surface area contributed by atoms with Crippen LogP contribution in [0, 0.1) is 0 Å². The van der Waals surface area contributed by atoms with Crippen molar-refractivity contribution in [1.29, 1.82) is 0 Å². The second kappa shape index (κ2) is 5.90. The number of hydrogen-bond acceptors (Lipinski definition) is 6. The Kier molecular flexibility index (Phi) is 4.80. The quantitative estimate of drug-likeness (QED) is 0.466. The number of benzene rings is 1. The standard InChI is InChI=1S/C11H15NO4S/c1-6(13)17-5-10(15)11(16)8-4-7(12)2-3-9(8)14/h2-4,10-11,14-16H,5,12H2,1H3. The highest BCUT2D eigenvalue weighted by atomic mass is 32.2. The Bertz CT molecular complexity index is 410. The van der Waals surface area contributed by atoms with Crippen molar-refractivity contribution in [3.8, 4) is 5.75 Å². The van der Waals surface area contributed by atoms with Gasteiger partial charge < -0.3 is 21.1 Å². The topological polar surface area (TPSA) is 104 Å². The van der Waals surface area contributed by atoms with Crippen LogP contribution in [-0.2, 0) is 4.79 Å². The molecule has 0 fully saturated rings. The molecule has 0 aliphatic rings. The maximum Gasteiger partial charge on any atom is 0.185 e. The van der Waals surface area contributed by atoms with Gasteiger partial charge in [-0.05, 0) is 18.2 Å². The fraction of sp³-hybridized carbons (Fsp3) is 0.364. The van der Waals surface area contributed by atoms with Crippen LogP contribution in [0.4, 0.5) is 5.69 Å². The molecular weight excluding hydrogens is 242 g/mol. The number of aliphatic hydroxyl groups is 2. The van der Waals surface area contributed by atoms with E-state index in [1.54, 1.807) is 0 Å². The highest BCUT2D eigenvalue weighted by Crippen LogP contribution is 2.29. The average Bonchev–Trinajstić information content (AvgIpc) is 2.28. The predicted octanol–water partition coefficient (Wildman–Crippen LogP) is 0.648. The summed E-state index contributed by atoms with van der Waals surface area (Å²) >= 11 is 0.911. The summed E-state index contributed by atoms with van der Waals surface area (Å²) in [6.45, 7) is 1.38. The van der Waals surface area contributed by atoms with E-state index in [-0.39, 0.29) is 22.2 Å². The number of carbonyl (C=O) groups is 1. The molecule has 2 atom stereocenters. The molecule has 0 saturated carbocycles. The van der Waals surface area contributed by atoms with E-state index in [9.17, 15) is 20.1 Å². The number of phenols is 1. The minimum Gasteiger partial charge on any atom is -0.508 e. The van der Waals surface area contributed by atoms with Crippen molar-refractivity contribution < 1.29 is 20.1 Å². The van der Waals surface area contributed by atoms with Gasteiger partial charge in [-0.15, -0.1) is 0 Å². The normalized spacial score (nSPS) is 14.3. The summed E-state index contributed by atoms with van der Waals surface area (Å²) in [4.78, 5) is 10.7. The van der Waals surface area contributed by atoms with E-state index in [2.05, 4.69) is 0 Å². The number of rotatable bonds is 4. The SMILES string of the molecule is CC(=O)SCC(O)C(O)c1cc(N)ccc1O. The second-order valence-corrected chi connectivity index (χ2v) is 4.83. The van der Waals surface area contributed by atoms with E-state index >= 15 is 0 Å². The van der Waals surface area contributed by atoms with Crippen molar-refractivity contribution >= 4 is 22.6 Å². The monoisotopic (exact) mass is 257 g/mol. The number of thioether (sulfide) groups is 1.